The van der Waals surface area contributed by atoms with Gasteiger partial charge in [0.2, 0.25) is 0 Å². The molecular weight excluding hydrogens is 224 g/mol. The molecule has 0 amide bonds. The van der Waals surface area contributed by atoms with E-state index in [9.17, 15) is 0 Å². The number of hydrogen-bond donors (Lipinski definition) is 2. The van der Waals surface area contributed by atoms with Crippen LogP contribution in [0.3, 0.4) is 0 Å². The third-order valence-electron chi connectivity index (χ3n) is 4.08. The van der Waals surface area contributed by atoms with E-state index in [0.29, 0.717) is 0 Å². The van der Waals surface area contributed by atoms with E-state index in [1.165, 1.54) is 23.2 Å². The average Bonchev–Trinajstić information content (AvgIpc) is 2.86. The summed E-state index contributed by atoms with van der Waals surface area (Å²) in [7, 11) is 0. The van der Waals surface area contributed by atoms with Crippen molar-refractivity contribution in [2.75, 3.05) is 25.1 Å². The normalized spacial score (nSPS) is 26.7. The van der Waals surface area contributed by atoms with Gasteiger partial charge in [0.1, 0.15) is 0 Å². The lowest BCUT2D eigenvalue weighted by molar-refractivity contribution is 0.0278. The summed E-state index contributed by atoms with van der Waals surface area (Å²) in [6.45, 7) is 6.01. The predicted molar refractivity (Wildman–Crippen MR) is 73.9 cm³/mol. The van der Waals surface area contributed by atoms with E-state index in [1.54, 1.807) is 0 Å². The van der Waals surface area contributed by atoms with Gasteiger partial charge in [-0.1, -0.05) is 18.2 Å². The molecule has 0 aliphatic carbocycles. The van der Waals surface area contributed by atoms with Crippen LogP contribution in [0.25, 0.3) is 0 Å². The van der Waals surface area contributed by atoms with Crippen molar-refractivity contribution in [3.8, 4) is 0 Å². The van der Waals surface area contributed by atoms with E-state index in [4.69, 9.17) is 4.74 Å². The topological polar surface area (TPSA) is 33.3 Å². The first-order valence-corrected chi connectivity index (χ1v) is 6.94. The van der Waals surface area contributed by atoms with Gasteiger partial charge in [-0.15, -0.1) is 0 Å². The smallest absolute Gasteiger partial charge is 0.0645 e. The summed E-state index contributed by atoms with van der Waals surface area (Å²) in [5, 5.41) is 7.18. The van der Waals surface area contributed by atoms with Crippen molar-refractivity contribution < 1.29 is 4.74 Å². The van der Waals surface area contributed by atoms with Gasteiger partial charge < -0.3 is 15.4 Å². The lowest BCUT2D eigenvalue weighted by Crippen LogP contribution is -2.48. The summed E-state index contributed by atoms with van der Waals surface area (Å²) < 4.78 is 5.59. The van der Waals surface area contributed by atoms with Gasteiger partial charge in [-0.25, -0.2) is 0 Å². The molecule has 1 atom stereocenters. The van der Waals surface area contributed by atoms with E-state index in [-0.39, 0.29) is 5.54 Å². The van der Waals surface area contributed by atoms with Crippen LogP contribution in [0.4, 0.5) is 5.69 Å². The summed E-state index contributed by atoms with van der Waals surface area (Å²) in [6.07, 6.45) is 3.52. The first kappa shape index (κ1) is 12.0. The number of anilines is 1. The SMILES string of the molecule is CC1(NCc2cccc3c2NCC3)CCCOC1. The standard InChI is InChI=1S/C15H22N2O/c1-15(7-3-9-18-11-15)17-10-13-5-2-4-12-6-8-16-14(12)13/h2,4-5,16-17H,3,6-11H2,1H3. The molecule has 0 aromatic heterocycles. The second kappa shape index (κ2) is 4.90. The molecule has 1 aromatic carbocycles. The molecule has 98 valence electrons. The van der Waals surface area contributed by atoms with Crippen molar-refractivity contribution in [3.63, 3.8) is 0 Å². The summed E-state index contributed by atoms with van der Waals surface area (Å²) in [5.41, 5.74) is 4.33. The maximum atomic E-state index is 5.59. The number of ether oxygens (including phenoxy) is 1. The zero-order chi connectivity index (χ0) is 12.4. The van der Waals surface area contributed by atoms with Gasteiger partial charge in [0.15, 0.2) is 0 Å². The molecule has 1 saturated heterocycles. The third-order valence-corrected chi connectivity index (χ3v) is 4.08. The molecule has 0 bridgehead atoms. The first-order chi connectivity index (χ1) is 8.77. The number of rotatable bonds is 3. The van der Waals surface area contributed by atoms with Crippen molar-refractivity contribution in [1.29, 1.82) is 0 Å². The number of hydrogen-bond acceptors (Lipinski definition) is 3. The van der Waals surface area contributed by atoms with Crippen LogP contribution in [0, 0.1) is 0 Å². The lowest BCUT2D eigenvalue weighted by Gasteiger charge is -2.34. The summed E-state index contributed by atoms with van der Waals surface area (Å²) >= 11 is 0. The van der Waals surface area contributed by atoms with Crippen LogP contribution in [0.1, 0.15) is 30.9 Å². The Morgan fingerprint density at radius 3 is 3.22 bits per heavy atom. The minimum Gasteiger partial charge on any atom is -0.384 e. The van der Waals surface area contributed by atoms with Crippen molar-refractivity contribution >= 4 is 5.69 Å². The average molecular weight is 246 g/mol. The van der Waals surface area contributed by atoms with E-state index >= 15 is 0 Å². The Morgan fingerprint density at radius 1 is 1.44 bits per heavy atom. The Morgan fingerprint density at radius 2 is 2.39 bits per heavy atom. The van der Waals surface area contributed by atoms with E-state index in [1.807, 2.05) is 0 Å². The van der Waals surface area contributed by atoms with E-state index < -0.39 is 0 Å². The third kappa shape index (κ3) is 2.38. The highest BCUT2D eigenvalue weighted by Crippen LogP contribution is 2.27. The Labute approximate surface area is 109 Å². The number of benzene rings is 1. The summed E-state index contributed by atoms with van der Waals surface area (Å²) in [4.78, 5) is 0. The minimum absolute atomic E-state index is 0.138. The van der Waals surface area contributed by atoms with E-state index in [0.717, 1.165) is 39.1 Å². The first-order valence-electron chi connectivity index (χ1n) is 6.94. The highest BCUT2D eigenvalue weighted by Gasteiger charge is 2.27. The largest absolute Gasteiger partial charge is 0.384 e. The number of fused-ring (bicyclic) bond motifs is 1. The fraction of sp³-hybridized carbons (Fsp3) is 0.600. The van der Waals surface area contributed by atoms with Gasteiger partial charge in [0.05, 0.1) is 6.61 Å². The molecule has 1 fully saturated rings. The van der Waals surface area contributed by atoms with Crippen molar-refractivity contribution in [1.82, 2.24) is 5.32 Å². The molecule has 2 heterocycles. The maximum Gasteiger partial charge on any atom is 0.0645 e. The molecule has 1 unspecified atom stereocenters. The highest BCUT2D eigenvalue weighted by atomic mass is 16.5. The van der Waals surface area contributed by atoms with Gasteiger partial charge in [-0.05, 0) is 37.3 Å². The second-order valence-corrected chi connectivity index (χ2v) is 5.70. The van der Waals surface area contributed by atoms with Crippen LogP contribution in [0.2, 0.25) is 0 Å². The minimum atomic E-state index is 0.138. The molecule has 18 heavy (non-hydrogen) atoms. The second-order valence-electron chi connectivity index (χ2n) is 5.70. The number of nitrogens with one attached hydrogen (secondary N) is 2. The van der Waals surface area contributed by atoms with Crippen LogP contribution in [-0.4, -0.2) is 25.3 Å². The van der Waals surface area contributed by atoms with Gasteiger partial charge in [0.25, 0.3) is 0 Å². The fourth-order valence-corrected chi connectivity index (χ4v) is 2.94. The summed E-state index contributed by atoms with van der Waals surface area (Å²) in [6, 6.07) is 6.62. The highest BCUT2D eigenvalue weighted by molar-refractivity contribution is 5.61. The van der Waals surface area contributed by atoms with Crippen molar-refractivity contribution in [2.45, 2.75) is 38.3 Å². The molecule has 3 heteroatoms. The van der Waals surface area contributed by atoms with Gasteiger partial charge >= 0.3 is 0 Å². The van der Waals surface area contributed by atoms with Crippen LogP contribution in [0.15, 0.2) is 18.2 Å². The monoisotopic (exact) mass is 246 g/mol. The molecule has 2 aliphatic rings. The zero-order valence-electron chi connectivity index (χ0n) is 11.1. The lowest BCUT2D eigenvalue weighted by atomic mass is 9.94. The zero-order valence-corrected chi connectivity index (χ0v) is 11.1. The Hall–Kier alpha value is -1.06. The Balaban J connectivity index is 1.68. The van der Waals surface area contributed by atoms with Gasteiger partial charge in [-0.3, -0.25) is 0 Å². The van der Waals surface area contributed by atoms with Crippen LogP contribution >= 0.6 is 0 Å². The molecule has 0 saturated carbocycles. The molecule has 0 radical (unpaired) electrons. The Bertz CT molecular complexity index is 425. The van der Waals surface area contributed by atoms with Crippen LogP contribution in [0.5, 0.6) is 0 Å². The molecule has 2 aliphatic heterocycles. The van der Waals surface area contributed by atoms with Gasteiger partial charge in [0, 0.05) is 30.9 Å². The molecule has 1 aromatic rings. The molecule has 0 spiro atoms. The molecular formula is C15H22N2O. The fourth-order valence-electron chi connectivity index (χ4n) is 2.94. The maximum absolute atomic E-state index is 5.59. The van der Waals surface area contributed by atoms with Crippen molar-refractivity contribution in [3.05, 3.63) is 29.3 Å². The van der Waals surface area contributed by atoms with Gasteiger partial charge in [-0.2, -0.15) is 0 Å². The molecule has 2 N–H and O–H groups in total. The molecule has 3 rings (SSSR count). The Kier molecular flexibility index (Phi) is 3.27. The molecule has 3 nitrogen and oxygen atoms in total. The predicted octanol–water partition coefficient (Wildman–Crippen LogP) is 2.31. The van der Waals surface area contributed by atoms with E-state index in [2.05, 4.69) is 35.8 Å². The van der Waals surface area contributed by atoms with Crippen LogP contribution < -0.4 is 10.6 Å². The van der Waals surface area contributed by atoms with Crippen LogP contribution in [-0.2, 0) is 17.7 Å². The quantitative estimate of drug-likeness (QED) is 0.858. The summed E-state index contributed by atoms with van der Waals surface area (Å²) in [5.74, 6) is 0. The number of para-hydroxylation sites is 1. The van der Waals surface area contributed by atoms with Crippen molar-refractivity contribution in [2.24, 2.45) is 0 Å².